The molecule has 10 heteroatoms. The van der Waals surface area contributed by atoms with Crippen LogP contribution < -0.4 is 20.1 Å². The van der Waals surface area contributed by atoms with E-state index in [1.165, 1.54) is 6.07 Å². The van der Waals surface area contributed by atoms with E-state index in [0.29, 0.717) is 22.8 Å². The van der Waals surface area contributed by atoms with Crippen molar-refractivity contribution < 1.29 is 28.4 Å². The van der Waals surface area contributed by atoms with Gasteiger partial charge >= 0.3 is 6.03 Å². The Morgan fingerprint density at radius 2 is 2.11 bits per heavy atom. The molecule has 2 aliphatic rings. The van der Waals surface area contributed by atoms with Gasteiger partial charge < -0.3 is 19.3 Å². The van der Waals surface area contributed by atoms with Gasteiger partial charge in [0, 0.05) is 12.6 Å². The Morgan fingerprint density at radius 3 is 2.89 bits per heavy atom. The van der Waals surface area contributed by atoms with Crippen molar-refractivity contribution in [2.75, 3.05) is 18.7 Å². The lowest BCUT2D eigenvalue weighted by atomic mass is 10.0. The molecule has 140 valence electrons. The molecule has 3 heterocycles. The van der Waals surface area contributed by atoms with Crippen LogP contribution in [-0.2, 0) is 16.1 Å². The highest BCUT2D eigenvalue weighted by atomic mass is 16.7. The van der Waals surface area contributed by atoms with Gasteiger partial charge in [0.05, 0.1) is 12.2 Å². The van der Waals surface area contributed by atoms with E-state index in [4.69, 9.17) is 14.0 Å². The lowest BCUT2D eigenvalue weighted by Gasteiger charge is -2.30. The molecule has 2 aromatic rings. The number of aryl methyl sites for hydroxylation is 1. The molecule has 4 rings (SSSR count). The number of hydrogen-bond acceptors (Lipinski definition) is 7. The minimum atomic E-state index is -1.07. The Kier molecular flexibility index (Phi) is 4.15. The van der Waals surface area contributed by atoms with Crippen LogP contribution in [0.5, 0.6) is 11.5 Å². The Balaban J connectivity index is 1.48. The standard InChI is InChI=1S/C17H16N4O6/c1-9-4-14(27-20-9)19-15(22)11-6-18-17(24)21(16(11)23)7-10-2-3-12-13(5-10)26-8-25-12/h2-5,11H,6-8H2,1H3,(H,18,24)(H,19,22). The second-order valence-corrected chi connectivity index (χ2v) is 6.17. The first kappa shape index (κ1) is 16.9. The number of rotatable bonds is 4. The van der Waals surface area contributed by atoms with E-state index in [2.05, 4.69) is 15.8 Å². The summed E-state index contributed by atoms with van der Waals surface area (Å²) in [7, 11) is 0. The summed E-state index contributed by atoms with van der Waals surface area (Å²) >= 11 is 0. The Morgan fingerprint density at radius 1 is 1.30 bits per heavy atom. The fraction of sp³-hybridized carbons (Fsp3) is 0.294. The third kappa shape index (κ3) is 3.28. The number of urea groups is 1. The highest BCUT2D eigenvalue weighted by Gasteiger charge is 2.39. The number of ether oxygens (including phenoxy) is 2. The minimum absolute atomic E-state index is 0.00645. The predicted octanol–water partition coefficient (Wildman–Crippen LogP) is 1.02. The van der Waals surface area contributed by atoms with Crippen molar-refractivity contribution in [3.8, 4) is 11.5 Å². The second kappa shape index (κ2) is 6.63. The Labute approximate surface area is 153 Å². The molecule has 1 fully saturated rings. The SMILES string of the molecule is Cc1cc(NC(=O)C2CNC(=O)N(Cc3ccc4c(c3)OCO4)C2=O)on1. The highest BCUT2D eigenvalue weighted by Crippen LogP contribution is 2.33. The fourth-order valence-corrected chi connectivity index (χ4v) is 2.87. The molecule has 0 bridgehead atoms. The molecule has 2 aliphatic heterocycles. The maximum Gasteiger partial charge on any atom is 0.324 e. The van der Waals surface area contributed by atoms with Crippen LogP contribution in [0.25, 0.3) is 0 Å². The summed E-state index contributed by atoms with van der Waals surface area (Å²) in [5, 5.41) is 8.72. The summed E-state index contributed by atoms with van der Waals surface area (Å²) in [4.78, 5) is 38.3. The fourth-order valence-electron chi connectivity index (χ4n) is 2.87. The quantitative estimate of drug-likeness (QED) is 0.768. The zero-order valence-electron chi connectivity index (χ0n) is 14.4. The first-order valence-electron chi connectivity index (χ1n) is 8.23. The number of anilines is 1. The molecular formula is C17H16N4O6. The first-order chi connectivity index (χ1) is 13.0. The summed E-state index contributed by atoms with van der Waals surface area (Å²) in [6.45, 7) is 1.75. The molecule has 1 atom stereocenters. The van der Waals surface area contributed by atoms with E-state index in [9.17, 15) is 14.4 Å². The maximum atomic E-state index is 12.7. The van der Waals surface area contributed by atoms with Gasteiger partial charge in [-0.2, -0.15) is 0 Å². The normalized spacial score (nSPS) is 18.4. The van der Waals surface area contributed by atoms with Crippen molar-refractivity contribution in [3.05, 3.63) is 35.5 Å². The second-order valence-electron chi connectivity index (χ2n) is 6.17. The molecular weight excluding hydrogens is 356 g/mol. The molecule has 0 aliphatic carbocycles. The van der Waals surface area contributed by atoms with Crippen molar-refractivity contribution in [2.45, 2.75) is 13.5 Å². The van der Waals surface area contributed by atoms with Gasteiger partial charge in [0.2, 0.25) is 24.5 Å². The molecule has 0 radical (unpaired) electrons. The van der Waals surface area contributed by atoms with Gasteiger partial charge in [-0.1, -0.05) is 11.2 Å². The summed E-state index contributed by atoms with van der Waals surface area (Å²) in [6, 6.07) is 6.12. The van der Waals surface area contributed by atoms with Crippen LogP contribution in [0.1, 0.15) is 11.3 Å². The third-order valence-electron chi connectivity index (χ3n) is 4.24. The van der Waals surface area contributed by atoms with Gasteiger partial charge in [-0.3, -0.25) is 19.8 Å². The molecule has 1 aromatic carbocycles. The van der Waals surface area contributed by atoms with Crippen molar-refractivity contribution in [2.24, 2.45) is 5.92 Å². The molecule has 1 aromatic heterocycles. The van der Waals surface area contributed by atoms with Gasteiger partial charge in [0.25, 0.3) is 0 Å². The molecule has 0 spiro atoms. The molecule has 4 amide bonds. The van der Waals surface area contributed by atoms with Gasteiger partial charge in [0.15, 0.2) is 11.5 Å². The number of fused-ring (bicyclic) bond motifs is 1. The van der Waals surface area contributed by atoms with E-state index >= 15 is 0 Å². The van der Waals surface area contributed by atoms with E-state index in [1.54, 1.807) is 25.1 Å². The summed E-state index contributed by atoms with van der Waals surface area (Å²) < 4.78 is 15.5. The minimum Gasteiger partial charge on any atom is -0.454 e. The van der Waals surface area contributed by atoms with Gasteiger partial charge in [-0.25, -0.2) is 4.79 Å². The lowest BCUT2D eigenvalue weighted by Crippen LogP contribution is -2.57. The molecule has 0 saturated carbocycles. The number of nitrogens with zero attached hydrogens (tertiary/aromatic N) is 2. The number of carbonyl (C=O) groups excluding carboxylic acids is 3. The number of carbonyl (C=O) groups is 3. The number of imide groups is 1. The molecule has 2 N–H and O–H groups in total. The van der Waals surface area contributed by atoms with Crippen LogP contribution in [0.3, 0.4) is 0 Å². The number of benzene rings is 1. The Bertz CT molecular complexity index is 924. The number of amides is 4. The van der Waals surface area contributed by atoms with Crippen LogP contribution in [0, 0.1) is 12.8 Å². The van der Waals surface area contributed by atoms with Crippen LogP contribution in [0.15, 0.2) is 28.8 Å². The summed E-state index contributed by atoms with van der Waals surface area (Å²) in [5.74, 6) is -0.941. The van der Waals surface area contributed by atoms with Gasteiger partial charge in [0.1, 0.15) is 5.92 Å². The van der Waals surface area contributed by atoms with Crippen LogP contribution in [0.2, 0.25) is 0 Å². The zero-order chi connectivity index (χ0) is 19.0. The number of aromatic nitrogens is 1. The first-order valence-corrected chi connectivity index (χ1v) is 8.23. The van der Waals surface area contributed by atoms with E-state index < -0.39 is 23.8 Å². The van der Waals surface area contributed by atoms with Crippen molar-refractivity contribution in [1.29, 1.82) is 0 Å². The Hall–Kier alpha value is -3.56. The van der Waals surface area contributed by atoms with E-state index in [-0.39, 0.29) is 25.8 Å². The lowest BCUT2D eigenvalue weighted by molar-refractivity contribution is -0.139. The van der Waals surface area contributed by atoms with Gasteiger partial charge in [-0.05, 0) is 24.6 Å². The number of hydrogen-bond donors (Lipinski definition) is 2. The average molecular weight is 372 g/mol. The van der Waals surface area contributed by atoms with Crippen molar-refractivity contribution in [3.63, 3.8) is 0 Å². The van der Waals surface area contributed by atoms with Crippen LogP contribution >= 0.6 is 0 Å². The molecule has 1 saturated heterocycles. The van der Waals surface area contributed by atoms with Crippen molar-refractivity contribution in [1.82, 2.24) is 15.4 Å². The molecule has 27 heavy (non-hydrogen) atoms. The van der Waals surface area contributed by atoms with Crippen LogP contribution in [-0.4, -0.2) is 41.2 Å². The predicted molar refractivity (Wildman–Crippen MR) is 89.9 cm³/mol. The zero-order valence-corrected chi connectivity index (χ0v) is 14.4. The number of nitrogens with one attached hydrogen (secondary N) is 2. The van der Waals surface area contributed by atoms with Crippen molar-refractivity contribution >= 4 is 23.7 Å². The smallest absolute Gasteiger partial charge is 0.324 e. The average Bonchev–Trinajstić information content (AvgIpc) is 3.26. The van der Waals surface area contributed by atoms with E-state index in [0.717, 1.165) is 4.90 Å². The summed E-state index contributed by atoms with van der Waals surface area (Å²) in [5.41, 5.74) is 1.27. The molecule has 1 unspecified atom stereocenters. The largest absolute Gasteiger partial charge is 0.454 e. The molecule has 10 nitrogen and oxygen atoms in total. The monoisotopic (exact) mass is 372 g/mol. The highest BCUT2D eigenvalue weighted by molar-refractivity contribution is 6.11. The summed E-state index contributed by atoms with van der Waals surface area (Å²) in [6.07, 6.45) is 0. The van der Waals surface area contributed by atoms with Gasteiger partial charge in [-0.15, -0.1) is 0 Å². The third-order valence-corrected chi connectivity index (χ3v) is 4.24. The maximum absolute atomic E-state index is 12.7. The van der Waals surface area contributed by atoms with Crippen LogP contribution in [0.4, 0.5) is 10.7 Å². The van der Waals surface area contributed by atoms with E-state index in [1.807, 2.05) is 0 Å². The topological polar surface area (TPSA) is 123 Å².